The fourth-order valence-corrected chi connectivity index (χ4v) is 1.72. The first-order chi connectivity index (χ1) is 9.73. The van der Waals surface area contributed by atoms with Crippen molar-refractivity contribution < 1.29 is 19.6 Å². The van der Waals surface area contributed by atoms with Crippen molar-refractivity contribution in [1.82, 2.24) is 4.90 Å². The van der Waals surface area contributed by atoms with Gasteiger partial charge >= 0.3 is 5.97 Å². The summed E-state index contributed by atoms with van der Waals surface area (Å²) in [5, 5.41) is 22.8. The first-order valence-corrected chi connectivity index (χ1v) is 6.20. The molecule has 2 N–H and O–H groups in total. The van der Waals surface area contributed by atoms with E-state index in [0.29, 0.717) is 11.3 Å². The minimum Gasteiger partial charge on any atom is -0.478 e. The Kier molecular flexibility index (Phi) is 5.23. The molecule has 0 aliphatic rings. The van der Waals surface area contributed by atoms with Crippen LogP contribution in [-0.4, -0.2) is 47.4 Å². The maximum Gasteiger partial charge on any atom is 0.336 e. The zero-order valence-electron chi connectivity index (χ0n) is 12.0. The van der Waals surface area contributed by atoms with Crippen LogP contribution in [0.3, 0.4) is 0 Å². The highest BCUT2D eigenvalue weighted by Crippen LogP contribution is 2.27. The van der Waals surface area contributed by atoms with Gasteiger partial charge in [-0.2, -0.15) is 0 Å². The van der Waals surface area contributed by atoms with Crippen LogP contribution in [-0.2, 0) is 4.79 Å². The van der Waals surface area contributed by atoms with Crippen LogP contribution in [0, 0.1) is 17.0 Å². The average molecular weight is 295 g/mol. The lowest BCUT2D eigenvalue weighted by atomic mass is 10.1. The van der Waals surface area contributed by atoms with Crippen LogP contribution in [0.4, 0.5) is 11.4 Å². The Hall–Kier alpha value is -2.64. The highest BCUT2D eigenvalue weighted by Gasteiger charge is 2.19. The van der Waals surface area contributed by atoms with E-state index in [1.165, 1.54) is 17.9 Å². The van der Waals surface area contributed by atoms with Crippen LogP contribution < -0.4 is 5.32 Å². The van der Waals surface area contributed by atoms with E-state index in [0.717, 1.165) is 6.07 Å². The molecule has 0 heterocycles. The van der Waals surface area contributed by atoms with E-state index in [2.05, 4.69) is 5.32 Å². The number of carboxylic acid groups (broad SMARTS) is 1. The normalized spacial score (nSPS) is 10.0. The lowest BCUT2D eigenvalue weighted by molar-refractivity contribution is -0.385. The van der Waals surface area contributed by atoms with Crippen molar-refractivity contribution in [1.29, 1.82) is 0 Å². The molecule has 1 rings (SSSR count). The number of carboxylic acids is 1. The molecule has 0 unspecified atom stereocenters. The van der Waals surface area contributed by atoms with Crippen molar-refractivity contribution in [3.63, 3.8) is 0 Å². The highest BCUT2D eigenvalue weighted by atomic mass is 16.6. The smallest absolute Gasteiger partial charge is 0.336 e. The van der Waals surface area contributed by atoms with Gasteiger partial charge in [-0.1, -0.05) is 0 Å². The number of hydrogen-bond donors (Lipinski definition) is 2. The first kappa shape index (κ1) is 16.4. The van der Waals surface area contributed by atoms with Gasteiger partial charge in [0.05, 0.1) is 10.5 Å². The number of benzene rings is 1. The molecular formula is C13H17N3O5. The molecule has 0 saturated carbocycles. The van der Waals surface area contributed by atoms with Gasteiger partial charge in [-0.3, -0.25) is 14.9 Å². The minimum atomic E-state index is -1.24. The molecule has 8 nitrogen and oxygen atoms in total. The zero-order valence-corrected chi connectivity index (χ0v) is 12.0. The van der Waals surface area contributed by atoms with Crippen LogP contribution in [0.25, 0.3) is 0 Å². The number of amides is 1. The second-order valence-electron chi connectivity index (χ2n) is 4.70. The van der Waals surface area contributed by atoms with E-state index in [1.54, 1.807) is 14.1 Å². The van der Waals surface area contributed by atoms with E-state index in [9.17, 15) is 19.7 Å². The van der Waals surface area contributed by atoms with Crippen molar-refractivity contribution in [3.8, 4) is 0 Å². The number of nitrogens with zero attached hydrogens (tertiary/aromatic N) is 2. The topological polar surface area (TPSA) is 113 Å². The van der Waals surface area contributed by atoms with Gasteiger partial charge in [-0.25, -0.2) is 4.79 Å². The van der Waals surface area contributed by atoms with Crippen LogP contribution in [0.15, 0.2) is 12.1 Å². The number of anilines is 1. The molecule has 0 aliphatic carbocycles. The Morgan fingerprint density at radius 1 is 1.38 bits per heavy atom. The second-order valence-corrected chi connectivity index (χ2v) is 4.70. The number of nitrogens with one attached hydrogen (secondary N) is 1. The van der Waals surface area contributed by atoms with E-state index >= 15 is 0 Å². The van der Waals surface area contributed by atoms with E-state index < -0.39 is 10.9 Å². The lowest BCUT2D eigenvalue weighted by Gasteiger charge is -2.13. The molecule has 0 aromatic heterocycles. The van der Waals surface area contributed by atoms with Crippen molar-refractivity contribution in [2.45, 2.75) is 13.3 Å². The Labute approximate surface area is 121 Å². The molecule has 0 atom stereocenters. The summed E-state index contributed by atoms with van der Waals surface area (Å²) < 4.78 is 0. The molecule has 21 heavy (non-hydrogen) atoms. The summed E-state index contributed by atoms with van der Waals surface area (Å²) in [6, 6.07) is 2.35. The lowest BCUT2D eigenvalue weighted by Crippen LogP contribution is -2.24. The van der Waals surface area contributed by atoms with Gasteiger partial charge in [0.1, 0.15) is 0 Å². The third-order valence-electron chi connectivity index (χ3n) is 2.98. The molecule has 8 heteroatoms. The summed E-state index contributed by atoms with van der Waals surface area (Å²) in [6.07, 6.45) is 0.206. The van der Waals surface area contributed by atoms with Gasteiger partial charge in [0.15, 0.2) is 0 Å². The summed E-state index contributed by atoms with van der Waals surface area (Å²) >= 11 is 0. The Morgan fingerprint density at radius 2 is 2.00 bits per heavy atom. The van der Waals surface area contributed by atoms with Gasteiger partial charge in [0.25, 0.3) is 5.69 Å². The number of rotatable bonds is 6. The maximum atomic E-state index is 11.5. The third-order valence-corrected chi connectivity index (χ3v) is 2.98. The third kappa shape index (κ3) is 4.16. The van der Waals surface area contributed by atoms with Gasteiger partial charge in [-0.15, -0.1) is 0 Å². The van der Waals surface area contributed by atoms with Crippen LogP contribution in [0.5, 0.6) is 0 Å². The van der Waals surface area contributed by atoms with Crippen LogP contribution in [0.1, 0.15) is 22.3 Å². The minimum absolute atomic E-state index is 0.0935. The van der Waals surface area contributed by atoms with Crippen molar-refractivity contribution in [3.05, 3.63) is 33.4 Å². The molecular weight excluding hydrogens is 278 g/mol. The van der Waals surface area contributed by atoms with Gasteiger partial charge in [0.2, 0.25) is 5.91 Å². The molecule has 1 aromatic rings. The number of carbonyl (C=O) groups is 2. The fourth-order valence-electron chi connectivity index (χ4n) is 1.72. The standard InChI is InChI=1S/C13H17N3O5/c1-8-10(14-5-4-12(17)15(2)3)6-9(13(18)19)7-11(8)16(20)21/h6-7,14H,4-5H2,1-3H3,(H,18,19). The van der Waals surface area contributed by atoms with Crippen molar-refractivity contribution in [2.24, 2.45) is 0 Å². The molecule has 0 saturated heterocycles. The van der Waals surface area contributed by atoms with E-state index in [1.807, 2.05) is 0 Å². The van der Waals surface area contributed by atoms with Gasteiger partial charge in [-0.05, 0) is 13.0 Å². The number of nitro groups is 1. The fraction of sp³-hybridized carbons (Fsp3) is 0.385. The predicted molar refractivity (Wildman–Crippen MR) is 76.6 cm³/mol. The van der Waals surface area contributed by atoms with Crippen molar-refractivity contribution in [2.75, 3.05) is 26.0 Å². The summed E-state index contributed by atoms with van der Waals surface area (Å²) in [7, 11) is 3.26. The molecule has 0 spiro atoms. The van der Waals surface area contributed by atoms with Gasteiger partial charge < -0.3 is 15.3 Å². The predicted octanol–water partition coefficient (Wildman–Crippen LogP) is 1.49. The Bertz CT molecular complexity index is 583. The van der Waals surface area contributed by atoms with Crippen LogP contribution >= 0.6 is 0 Å². The largest absolute Gasteiger partial charge is 0.478 e. The highest BCUT2D eigenvalue weighted by molar-refractivity contribution is 5.90. The molecule has 0 fully saturated rings. The van der Waals surface area contributed by atoms with E-state index in [-0.39, 0.29) is 30.1 Å². The average Bonchev–Trinajstić information content (AvgIpc) is 2.39. The van der Waals surface area contributed by atoms with Crippen LogP contribution in [0.2, 0.25) is 0 Å². The monoisotopic (exact) mass is 295 g/mol. The van der Waals surface area contributed by atoms with Crippen molar-refractivity contribution >= 4 is 23.3 Å². The van der Waals surface area contributed by atoms with E-state index in [4.69, 9.17) is 5.11 Å². The Balaban J connectivity index is 2.98. The number of carbonyl (C=O) groups excluding carboxylic acids is 1. The SMILES string of the molecule is Cc1c(NCCC(=O)N(C)C)cc(C(=O)O)cc1[N+](=O)[O-]. The maximum absolute atomic E-state index is 11.5. The molecule has 0 radical (unpaired) electrons. The molecule has 0 aliphatic heterocycles. The number of nitro benzene ring substituents is 1. The summed E-state index contributed by atoms with van der Waals surface area (Å²) in [4.78, 5) is 34.2. The molecule has 0 bridgehead atoms. The summed E-state index contributed by atoms with van der Waals surface area (Å²) in [5.74, 6) is -1.34. The zero-order chi connectivity index (χ0) is 16.2. The van der Waals surface area contributed by atoms with Gasteiger partial charge in [0, 0.05) is 44.4 Å². The number of aromatic carboxylic acids is 1. The Morgan fingerprint density at radius 3 is 2.48 bits per heavy atom. The molecule has 1 aromatic carbocycles. The second kappa shape index (κ2) is 6.69. The first-order valence-electron chi connectivity index (χ1n) is 6.20. The quantitative estimate of drug-likeness (QED) is 0.607. The summed E-state index contributed by atoms with van der Waals surface area (Å²) in [6.45, 7) is 1.79. The summed E-state index contributed by atoms with van der Waals surface area (Å²) in [5.41, 5.74) is 0.237. The number of hydrogen-bond acceptors (Lipinski definition) is 5. The molecule has 1 amide bonds. The molecule has 114 valence electrons.